The summed E-state index contributed by atoms with van der Waals surface area (Å²) in [5.74, 6) is 1.52. The molecule has 2 nitrogen and oxygen atoms in total. The lowest BCUT2D eigenvalue weighted by atomic mass is 10.0. The van der Waals surface area contributed by atoms with Crippen molar-refractivity contribution in [3.63, 3.8) is 0 Å². The Kier molecular flexibility index (Phi) is 17.4. The molecule has 29 heavy (non-hydrogen) atoms. The Labute approximate surface area is 183 Å². The van der Waals surface area contributed by atoms with Gasteiger partial charge in [-0.1, -0.05) is 111 Å². The van der Waals surface area contributed by atoms with E-state index in [0.717, 1.165) is 6.42 Å². The number of nitrogens with zero attached hydrogens (tertiary/aromatic N) is 2. The highest BCUT2D eigenvalue weighted by Crippen LogP contribution is 2.13. The average Bonchev–Trinajstić information content (AvgIpc) is 3.12. The van der Waals surface area contributed by atoms with E-state index in [1.807, 2.05) is 0 Å². The molecule has 0 atom stereocenters. The summed E-state index contributed by atoms with van der Waals surface area (Å²) >= 11 is 0. The summed E-state index contributed by atoms with van der Waals surface area (Å²) < 4.78 is 5.00. The van der Waals surface area contributed by atoms with Gasteiger partial charge in [-0.05, 0) is 25.7 Å². The maximum absolute atomic E-state index is 2.51. The lowest BCUT2D eigenvalue weighted by Crippen LogP contribution is -2.37. The predicted octanol–water partition coefficient (Wildman–Crippen LogP) is 8.40. The third-order valence-electron chi connectivity index (χ3n) is 6.41. The van der Waals surface area contributed by atoms with E-state index in [2.05, 4.69) is 42.3 Å². The van der Waals surface area contributed by atoms with Gasteiger partial charge < -0.3 is 0 Å². The number of hydrogen-bond acceptors (Lipinski definition) is 0. The van der Waals surface area contributed by atoms with Gasteiger partial charge in [0.25, 0.3) is 5.82 Å². The fourth-order valence-electron chi connectivity index (χ4n) is 4.50. The van der Waals surface area contributed by atoms with Crippen LogP contribution in [0, 0.1) is 0 Å². The summed E-state index contributed by atoms with van der Waals surface area (Å²) in [5, 5.41) is 0. The number of aromatic nitrogens is 2. The molecule has 0 bridgehead atoms. The Morgan fingerprint density at radius 2 is 1.03 bits per heavy atom. The van der Waals surface area contributed by atoms with Crippen molar-refractivity contribution in [1.82, 2.24) is 4.57 Å². The number of rotatable bonds is 21. The first kappa shape index (κ1) is 26.2. The van der Waals surface area contributed by atoms with E-state index >= 15 is 0 Å². The van der Waals surface area contributed by atoms with Crippen LogP contribution in [-0.2, 0) is 19.5 Å². The molecule has 1 aromatic heterocycles. The minimum Gasteiger partial charge on any atom is -0.234 e. The van der Waals surface area contributed by atoms with Crippen LogP contribution < -0.4 is 4.57 Å². The second kappa shape index (κ2) is 19.2. The summed E-state index contributed by atoms with van der Waals surface area (Å²) in [4.78, 5) is 0. The molecule has 0 aliphatic carbocycles. The monoisotopic (exact) mass is 405 g/mol. The maximum atomic E-state index is 2.51. The van der Waals surface area contributed by atoms with E-state index in [-0.39, 0.29) is 0 Å². The highest BCUT2D eigenvalue weighted by molar-refractivity contribution is 4.83. The van der Waals surface area contributed by atoms with E-state index in [1.54, 1.807) is 0 Å². The van der Waals surface area contributed by atoms with E-state index in [9.17, 15) is 0 Å². The molecule has 0 aliphatic heterocycles. The molecule has 0 aliphatic rings. The van der Waals surface area contributed by atoms with E-state index in [1.165, 1.54) is 134 Å². The van der Waals surface area contributed by atoms with Crippen LogP contribution >= 0.6 is 0 Å². The van der Waals surface area contributed by atoms with Crippen molar-refractivity contribution in [1.29, 1.82) is 0 Å². The zero-order chi connectivity index (χ0) is 21.0. The summed E-state index contributed by atoms with van der Waals surface area (Å²) in [6.45, 7) is 9.29. The van der Waals surface area contributed by atoms with Crippen LogP contribution in [0.15, 0.2) is 12.4 Å². The van der Waals surface area contributed by atoms with Crippen molar-refractivity contribution in [3.05, 3.63) is 18.2 Å². The Morgan fingerprint density at radius 3 is 1.52 bits per heavy atom. The largest absolute Gasteiger partial charge is 0.256 e. The molecule has 1 heterocycles. The molecule has 0 saturated heterocycles. The van der Waals surface area contributed by atoms with Gasteiger partial charge in [-0.15, -0.1) is 0 Å². The minimum atomic E-state index is 1.15. The van der Waals surface area contributed by atoms with Gasteiger partial charge in [0.1, 0.15) is 12.4 Å². The van der Waals surface area contributed by atoms with Gasteiger partial charge in [0.15, 0.2) is 0 Å². The van der Waals surface area contributed by atoms with Crippen LogP contribution in [0.25, 0.3) is 0 Å². The molecule has 0 saturated carbocycles. The molecule has 1 aromatic rings. The number of aryl methyl sites for hydroxylation is 2. The quantitative estimate of drug-likeness (QED) is 0.143. The van der Waals surface area contributed by atoms with Crippen LogP contribution in [0.2, 0.25) is 0 Å². The minimum absolute atomic E-state index is 1.15. The lowest BCUT2D eigenvalue weighted by molar-refractivity contribution is -0.704. The normalized spacial score (nSPS) is 11.4. The average molecular weight is 406 g/mol. The van der Waals surface area contributed by atoms with Gasteiger partial charge >= 0.3 is 0 Å². The molecular formula is C27H53N2+. The van der Waals surface area contributed by atoms with Gasteiger partial charge in [-0.25, -0.2) is 9.13 Å². The van der Waals surface area contributed by atoms with Gasteiger partial charge in [0.05, 0.1) is 13.1 Å². The van der Waals surface area contributed by atoms with Gasteiger partial charge in [0.2, 0.25) is 0 Å². The molecule has 0 aromatic carbocycles. The van der Waals surface area contributed by atoms with Crippen molar-refractivity contribution in [2.24, 2.45) is 0 Å². The van der Waals surface area contributed by atoms with Crippen molar-refractivity contribution in [2.75, 3.05) is 0 Å². The maximum Gasteiger partial charge on any atom is 0.256 e. The van der Waals surface area contributed by atoms with E-state index in [0.29, 0.717) is 0 Å². The number of imidazole rings is 1. The van der Waals surface area contributed by atoms with Gasteiger partial charge in [-0.2, -0.15) is 0 Å². The molecule has 2 heteroatoms. The zero-order valence-corrected chi connectivity index (χ0v) is 20.4. The van der Waals surface area contributed by atoms with E-state index in [4.69, 9.17) is 0 Å². The van der Waals surface area contributed by atoms with Crippen LogP contribution in [0.5, 0.6) is 0 Å². The third-order valence-corrected chi connectivity index (χ3v) is 6.41. The molecule has 1 rings (SSSR count). The smallest absolute Gasteiger partial charge is 0.234 e. The first-order valence-electron chi connectivity index (χ1n) is 13.4. The highest BCUT2D eigenvalue weighted by Gasteiger charge is 2.14. The van der Waals surface area contributed by atoms with Crippen molar-refractivity contribution >= 4 is 0 Å². The van der Waals surface area contributed by atoms with Crippen LogP contribution in [-0.4, -0.2) is 4.57 Å². The molecule has 0 fully saturated rings. The Bertz CT molecular complexity index is 463. The Balaban J connectivity index is 1.94. The summed E-state index contributed by atoms with van der Waals surface area (Å²) in [7, 11) is 0. The molecule has 0 N–H and O–H groups in total. The molecule has 0 radical (unpaired) electrons. The van der Waals surface area contributed by atoms with Crippen LogP contribution in [0.1, 0.15) is 142 Å². The first-order valence-corrected chi connectivity index (χ1v) is 13.4. The van der Waals surface area contributed by atoms with Crippen molar-refractivity contribution in [2.45, 2.75) is 156 Å². The van der Waals surface area contributed by atoms with Gasteiger partial charge in [-0.3, -0.25) is 0 Å². The number of unbranched alkanes of at least 4 members (excludes halogenated alkanes) is 16. The Hall–Kier alpha value is -0.790. The lowest BCUT2D eigenvalue weighted by Gasteiger charge is -2.05. The highest BCUT2D eigenvalue weighted by atomic mass is 15.1. The molecule has 0 spiro atoms. The number of hydrogen-bond donors (Lipinski definition) is 0. The van der Waals surface area contributed by atoms with Crippen LogP contribution in [0.4, 0.5) is 0 Å². The topological polar surface area (TPSA) is 8.81 Å². The standard InChI is InChI=1S/C27H53N2/c1-4-7-9-10-11-12-13-14-15-16-17-18-19-20-22-24-29-26-25-28(27(29)6-3)23-21-8-5-2/h25-26H,4-24H2,1-3H3/q+1. The van der Waals surface area contributed by atoms with E-state index < -0.39 is 0 Å². The molecule has 0 amide bonds. The molecule has 170 valence electrons. The zero-order valence-electron chi connectivity index (χ0n) is 20.4. The summed E-state index contributed by atoms with van der Waals surface area (Å²) in [6, 6.07) is 0. The first-order chi connectivity index (χ1) is 14.3. The molecular weight excluding hydrogens is 352 g/mol. The fraction of sp³-hybridized carbons (Fsp3) is 0.889. The molecule has 0 unspecified atom stereocenters. The van der Waals surface area contributed by atoms with Gasteiger partial charge in [0, 0.05) is 6.42 Å². The SMILES string of the molecule is CCCCCCCCCCCCCCCCCn1cc[n+](CCCCC)c1CC. The summed E-state index contributed by atoms with van der Waals surface area (Å²) in [5.41, 5.74) is 0. The predicted molar refractivity (Wildman–Crippen MR) is 128 cm³/mol. The second-order valence-electron chi connectivity index (χ2n) is 9.11. The Morgan fingerprint density at radius 1 is 0.586 bits per heavy atom. The fourth-order valence-corrected chi connectivity index (χ4v) is 4.50. The second-order valence-corrected chi connectivity index (χ2v) is 9.11. The summed E-state index contributed by atoms with van der Waals surface area (Å²) in [6.07, 6.45) is 31.4. The van der Waals surface area contributed by atoms with Crippen molar-refractivity contribution < 1.29 is 4.57 Å². The van der Waals surface area contributed by atoms with Crippen molar-refractivity contribution in [3.8, 4) is 0 Å². The van der Waals surface area contributed by atoms with Crippen LogP contribution in [0.3, 0.4) is 0 Å². The third kappa shape index (κ3) is 13.2.